The molecule has 3 aromatic rings. The van der Waals surface area contributed by atoms with Gasteiger partial charge in [0.1, 0.15) is 11.9 Å². The van der Waals surface area contributed by atoms with Crippen molar-refractivity contribution < 1.29 is 36.7 Å². The first-order valence-electron chi connectivity index (χ1n) is 14.0. The third-order valence-corrected chi connectivity index (χ3v) is 9.05. The minimum absolute atomic E-state index is 0.0869. The van der Waals surface area contributed by atoms with E-state index in [1.54, 1.807) is 16.5 Å². The first-order valence-corrected chi connectivity index (χ1v) is 15.2. The van der Waals surface area contributed by atoms with E-state index in [9.17, 15) is 31.9 Å². The van der Waals surface area contributed by atoms with Crippen LogP contribution in [0.15, 0.2) is 70.3 Å². The number of amidine groups is 1. The number of Topliss-reactive ketones (excluding diaryl/α,β-unsaturated/α-hetero) is 1. The van der Waals surface area contributed by atoms with Crippen LogP contribution in [0.3, 0.4) is 0 Å². The Labute approximate surface area is 268 Å². The predicted octanol–water partition coefficient (Wildman–Crippen LogP) is 4.83. The van der Waals surface area contributed by atoms with Crippen LogP contribution in [0.4, 0.5) is 28.0 Å². The van der Waals surface area contributed by atoms with Crippen LogP contribution < -0.4 is 10.2 Å². The number of carbonyl (C=O) groups is 3. The number of rotatable bonds is 7. The number of piperazine rings is 1. The van der Waals surface area contributed by atoms with Gasteiger partial charge in [-0.25, -0.2) is 19.0 Å². The molecule has 0 unspecified atom stereocenters. The number of esters is 1. The molecule has 2 atom stereocenters. The maximum Gasteiger partial charge on any atom is 0.454 e. The van der Waals surface area contributed by atoms with Crippen molar-refractivity contribution in [3.05, 3.63) is 92.3 Å². The monoisotopic (exact) mass is 676 g/mol. The van der Waals surface area contributed by atoms with Crippen LogP contribution in [0, 0.1) is 5.82 Å². The summed E-state index contributed by atoms with van der Waals surface area (Å²) in [4.78, 5) is 52.4. The number of ether oxygens (including phenoxy) is 1. The van der Waals surface area contributed by atoms with Gasteiger partial charge in [-0.1, -0.05) is 17.7 Å². The van der Waals surface area contributed by atoms with E-state index >= 15 is 0 Å². The Bertz CT molecular complexity index is 1750. The fourth-order valence-corrected chi connectivity index (χ4v) is 6.64. The molecule has 2 aromatic carbocycles. The number of aliphatic imine (C=N–C) groups is 1. The van der Waals surface area contributed by atoms with E-state index in [1.807, 2.05) is 0 Å². The smallest absolute Gasteiger partial charge is 0.454 e. The minimum atomic E-state index is -5.00. The number of alkyl halides is 3. The number of methoxy groups -OCH3 is 1. The van der Waals surface area contributed by atoms with Crippen molar-refractivity contribution in [3.63, 3.8) is 0 Å². The lowest BCUT2D eigenvalue weighted by Crippen LogP contribution is -2.53. The van der Waals surface area contributed by atoms with Crippen LogP contribution in [0.2, 0.25) is 5.02 Å². The number of hydrogen-bond donors (Lipinski definition) is 1. The second-order valence-electron chi connectivity index (χ2n) is 10.7. The van der Waals surface area contributed by atoms with Crippen molar-refractivity contribution in [1.82, 2.24) is 20.1 Å². The molecule has 6 rings (SSSR count). The number of amides is 2. The maximum absolute atomic E-state index is 13.9. The zero-order valence-corrected chi connectivity index (χ0v) is 25.6. The van der Waals surface area contributed by atoms with Crippen molar-refractivity contribution in [2.75, 3.05) is 44.7 Å². The van der Waals surface area contributed by atoms with Gasteiger partial charge >= 0.3 is 18.2 Å². The average molecular weight is 677 g/mol. The Morgan fingerprint density at radius 2 is 1.89 bits per heavy atom. The molecule has 2 saturated heterocycles. The number of hydrogen-bond acceptors (Lipinski definition) is 9. The quantitative estimate of drug-likeness (QED) is 0.217. The number of anilines is 1. The lowest BCUT2D eigenvalue weighted by Gasteiger charge is -2.38. The first kappa shape index (κ1) is 31.6. The van der Waals surface area contributed by atoms with Crippen molar-refractivity contribution in [3.8, 4) is 0 Å². The molecule has 4 heterocycles. The summed E-state index contributed by atoms with van der Waals surface area (Å²) in [5.74, 6) is -2.75. The summed E-state index contributed by atoms with van der Waals surface area (Å²) in [6, 6.07) is 7.14. The summed E-state index contributed by atoms with van der Waals surface area (Å²) in [5, 5.41) is 5.68. The Morgan fingerprint density at radius 3 is 2.54 bits per heavy atom. The van der Waals surface area contributed by atoms with Crippen molar-refractivity contribution in [1.29, 1.82) is 0 Å². The number of aromatic nitrogens is 1. The van der Waals surface area contributed by atoms with Gasteiger partial charge in [-0.3, -0.25) is 19.6 Å². The molecule has 0 spiro atoms. The molecule has 240 valence electrons. The van der Waals surface area contributed by atoms with Gasteiger partial charge in [0.05, 0.1) is 18.7 Å². The molecule has 3 aliphatic heterocycles. The summed E-state index contributed by atoms with van der Waals surface area (Å²) in [6.45, 7) is 1.71. The summed E-state index contributed by atoms with van der Waals surface area (Å²) < 4.78 is 57.6. The first-order chi connectivity index (χ1) is 21.9. The van der Waals surface area contributed by atoms with E-state index in [2.05, 4.69) is 15.2 Å². The number of nitrogens with one attached hydrogen (secondary N) is 1. The van der Waals surface area contributed by atoms with Gasteiger partial charge in [0, 0.05) is 71.8 Å². The molecule has 0 bridgehead atoms. The Kier molecular flexibility index (Phi) is 8.56. The lowest BCUT2D eigenvalue weighted by atomic mass is 9.95. The molecule has 2 fully saturated rings. The maximum atomic E-state index is 13.9. The van der Waals surface area contributed by atoms with Crippen molar-refractivity contribution >= 4 is 52.2 Å². The summed E-state index contributed by atoms with van der Waals surface area (Å²) in [5.41, 5.74) is 0.939. The van der Waals surface area contributed by atoms with Crippen LogP contribution in [-0.4, -0.2) is 90.5 Å². The molecule has 46 heavy (non-hydrogen) atoms. The zero-order chi connectivity index (χ0) is 32.7. The molecule has 10 nitrogen and oxygen atoms in total. The Morgan fingerprint density at radius 1 is 1.13 bits per heavy atom. The number of halogens is 5. The van der Waals surface area contributed by atoms with Gasteiger partial charge in [0.15, 0.2) is 10.8 Å². The van der Waals surface area contributed by atoms with Crippen LogP contribution in [0.5, 0.6) is 0 Å². The van der Waals surface area contributed by atoms with Crippen molar-refractivity contribution in [2.45, 2.75) is 18.3 Å². The van der Waals surface area contributed by atoms with Gasteiger partial charge in [0.25, 0.3) is 5.78 Å². The zero-order valence-electron chi connectivity index (χ0n) is 24.1. The predicted molar refractivity (Wildman–Crippen MR) is 161 cm³/mol. The SMILES string of the molecule is COC(=O)C1=C(CN2CCN3C(=O)N(c4ccc(C(=O)C(F)(F)F)cc4)C[C@@H]3C2)NC(c2nccs2)=N[C@H]1c1ccc(F)cc1Cl. The highest BCUT2D eigenvalue weighted by molar-refractivity contribution is 7.11. The van der Waals surface area contributed by atoms with E-state index in [4.69, 9.17) is 21.3 Å². The number of thiazole rings is 1. The van der Waals surface area contributed by atoms with Gasteiger partial charge < -0.3 is 15.0 Å². The van der Waals surface area contributed by atoms with Crippen LogP contribution in [-0.2, 0) is 9.53 Å². The van der Waals surface area contributed by atoms with Crippen LogP contribution in [0.25, 0.3) is 0 Å². The normalized spacial score (nSPS) is 20.4. The van der Waals surface area contributed by atoms with Gasteiger partial charge in [-0.05, 0) is 36.4 Å². The van der Waals surface area contributed by atoms with E-state index in [-0.39, 0.29) is 35.8 Å². The molecule has 2 amide bonds. The van der Waals surface area contributed by atoms with Crippen LogP contribution in [0.1, 0.15) is 27.0 Å². The standard InChI is InChI=1S/C30H25ClF4N6O4S/c1-45-28(43)23-22(37-26(27-36-8-11-46-27)38-24(23)20-7-4-17(32)12-21(20)31)15-39-9-10-40-19(13-39)14-41(29(40)44)18-5-2-16(3-6-18)25(42)30(33,34)35/h2-8,11-12,19,24H,9-10,13-15H2,1H3,(H,37,38)/t19-,24-/m0/s1. The third kappa shape index (κ3) is 6.09. The summed E-state index contributed by atoms with van der Waals surface area (Å²) in [6.07, 6.45) is -3.38. The largest absolute Gasteiger partial charge is 0.466 e. The van der Waals surface area contributed by atoms with Crippen LogP contribution >= 0.6 is 22.9 Å². The van der Waals surface area contributed by atoms with Gasteiger partial charge in [-0.2, -0.15) is 13.2 Å². The molecule has 0 aliphatic carbocycles. The number of ketones is 1. The van der Waals surface area contributed by atoms with Gasteiger partial charge in [0.2, 0.25) is 0 Å². The van der Waals surface area contributed by atoms with Crippen molar-refractivity contribution in [2.24, 2.45) is 4.99 Å². The van der Waals surface area contributed by atoms with E-state index in [1.165, 1.54) is 47.6 Å². The summed E-state index contributed by atoms with van der Waals surface area (Å²) in [7, 11) is 1.25. The molecule has 0 saturated carbocycles. The number of urea groups is 1. The van der Waals surface area contributed by atoms with E-state index in [0.717, 1.165) is 18.2 Å². The van der Waals surface area contributed by atoms with E-state index in [0.29, 0.717) is 47.4 Å². The van der Waals surface area contributed by atoms with Gasteiger partial charge in [-0.15, -0.1) is 11.3 Å². The molecular weight excluding hydrogens is 652 g/mol. The summed E-state index contributed by atoms with van der Waals surface area (Å²) >= 11 is 7.77. The molecular formula is C30H25ClF4N6O4S. The average Bonchev–Trinajstić information content (AvgIpc) is 3.68. The highest BCUT2D eigenvalue weighted by Crippen LogP contribution is 2.37. The molecule has 1 N–H and O–H groups in total. The molecule has 0 radical (unpaired) electrons. The molecule has 16 heteroatoms. The number of benzene rings is 2. The molecule has 3 aliphatic rings. The highest BCUT2D eigenvalue weighted by atomic mass is 35.5. The highest BCUT2D eigenvalue weighted by Gasteiger charge is 2.43. The molecule has 1 aromatic heterocycles. The Hall–Kier alpha value is -4.34. The minimum Gasteiger partial charge on any atom is -0.466 e. The number of fused-ring (bicyclic) bond motifs is 1. The third-order valence-electron chi connectivity index (χ3n) is 7.94. The fourth-order valence-electron chi connectivity index (χ4n) is 5.78. The number of nitrogens with zero attached hydrogens (tertiary/aromatic N) is 5. The topological polar surface area (TPSA) is 107 Å². The second kappa shape index (κ2) is 12.5. The second-order valence-corrected chi connectivity index (χ2v) is 12.0. The lowest BCUT2D eigenvalue weighted by molar-refractivity contribution is -0.136. The Balaban J connectivity index is 1.25. The fraction of sp³-hybridized carbons (Fsp3) is 0.300. The van der Waals surface area contributed by atoms with E-state index < -0.39 is 35.4 Å². The number of carbonyl (C=O) groups excluding carboxylic acids is 3.